The lowest BCUT2D eigenvalue weighted by molar-refractivity contribution is -0.387. The molecule has 13 heteroatoms. The van der Waals surface area contributed by atoms with E-state index in [9.17, 15) is 28.1 Å². The van der Waals surface area contributed by atoms with Gasteiger partial charge in [0, 0.05) is 18.7 Å². The van der Waals surface area contributed by atoms with Crippen molar-refractivity contribution in [1.29, 1.82) is 0 Å². The number of carbonyl (C=O) groups is 2. The molecule has 12 nitrogen and oxygen atoms in total. The molecule has 1 aliphatic rings. The predicted octanol–water partition coefficient (Wildman–Crippen LogP) is 3.13. The molecule has 1 amide bonds. The lowest BCUT2D eigenvalue weighted by Gasteiger charge is -2.19. The minimum atomic E-state index is -3.90. The average molecular weight is 528 g/mol. The number of rotatable bonds is 8. The highest BCUT2D eigenvalue weighted by Crippen LogP contribution is 2.33. The van der Waals surface area contributed by atoms with E-state index in [0.717, 1.165) is 30.0 Å². The molecule has 3 aromatic rings. The molecule has 0 bridgehead atoms. The first-order valence-electron chi connectivity index (χ1n) is 10.8. The molecule has 0 N–H and O–H groups in total. The van der Waals surface area contributed by atoms with Crippen LogP contribution in [0.4, 0.5) is 5.69 Å². The van der Waals surface area contributed by atoms with Gasteiger partial charge in [0.1, 0.15) is 22.4 Å². The molecule has 0 fully saturated rings. The molecule has 0 unspecified atom stereocenters. The molecule has 0 radical (unpaired) electrons. The number of nitro benzene ring substituents is 1. The normalized spacial score (nSPS) is 15.2. The molecular weight excluding hydrogens is 506 g/mol. The number of nitrogens with zero attached hydrogens (tertiary/aromatic N) is 3. The molecule has 2 aromatic carbocycles. The fraction of sp³-hybridized carbons (Fsp3) is 0.208. The van der Waals surface area contributed by atoms with Crippen molar-refractivity contribution in [2.45, 2.75) is 17.4 Å². The number of sulfone groups is 1. The summed E-state index contributed by atoms with van der Waals surface area (Å²) >= 11 is 0. The van der Waals surface area contributed by atoms with Crippen LogP contribution in [0.1, 0.15) is 34.1 Å². The zero-order chi connectivity index (χ0) is 26.7. The first-order chi connectivity index (χ1) is 17.6. The van der Waals surface area contributed by atoms with E-state index in [4.69, 9.17) is 13.9 Å². The standard InChI is InChI=1S/C24H21N3O9S/c1-34-17-8-5-15(6-9-17)18-13-19(21-4-3-11-35-21)26(25-18)23(28)14-36-24(29)16-7-10-22(37(2,32)33)20(12-16)27(30)31/h3-12,19H,13-14H2,1-2H3/t19-/m1/s1. The summed E-state index contributed by atoms with van der Waals surface area (Å²) in [5, 5.41) is 16.9. The Labute approximate surface area is 211 Å². The number of furan rings is 1. The van der Waals surface area contributed by atoms with Crippen LogP contribution in [0, 0.1) is 10.1 Å². The number of nitro groups is 1. The topological polar surface area (TPSA) is 159 Å². The predicted molar refractivity (Wildman–Crippen MR) is 129 cm³/mol. The van der Waals surface area contributed by atoms with E-state index in [0.29, 0.717) is 23.6 Å². The summed E-state index contributed by atoms with van der Waals surface area (Å²) in [6.45, 7) is -0.711. The number of amides is 1. The maximum absolute atomic E-state index is 13.0. The summed E-state index contributed by atoms with van der Waals surface area (Å²) in [4.78, 5) is 35.4. The molecule has 0 saturated heterocycles. The van der Waals surface area contributed by atoms with Gasteiger partial charge in [0.2, 0.25) is 0 Å². The number of hydrogen-bond donors (Lipinski definition) is 0. The van der Waals surface area contributed by atoms with Crippen LogP contribution in [0.2, 0.25) is 0 Å². The van der Waals surface area contributed by atoms with Crippen LogP contribution in [0.15, 0.2) is 75.3 Å². The SMILES string of the molecule is COc1ccc(C2=NN(C(=O)COC(=O)c3ccc(S(C)(=O)=O)c([N+](=O)[O-])c3)[C@@H](c3ccco3)C2)cc1. The molecule has 2 heterocycles. The van der Waals surface area contributed by atoms with Gasteiger partial charge < -0.3 is 13.9 Å². The van der Waals surface area contributed by atoms with Crippen molar-refractivity contribution in [2.75, 3.05) is 20.0 Å². The molecule has 0 spiro atoms. The van der Waals surface area contributed by atoms with E-state index < -0.39 is 49.9 Å². The molecule has 0 saturated carbocycles. The fourth-order valence-corrected chi connectivity index (χ4v) is 4.61. The highest BCUT2D eigenvalue weighted by molar-refractivity contribution is 7.90. The second kappa shape index (κ2) is 10.2. The second-order valence-electron chi connectivity index (χ2n) is 8.04. The Bertz CT molecular complexity index is 1480. The van der Waals surface area contributed by atoms with Gasteiger partial charge in [-0.05, 0) is 54.1 Å². The van der Waals surface area contributed by atoms with Crippen molar-refractivity contribution in [3.8, 4) is 5.75 Å². The van der Waals surface area contributed by atoms with Crippen LogP contribution in [0.3, 0.4) is 0 Å². The number of hydrazone groups is 1. The summed E-state index contributed by atoms with van der Waals surface area (Å²) in [6, 6.07) is 12.8. The van der Waals surface area contributed by atoms with Gasteiger partial charge in [0.25, 0.3) is 11.6 Å². The molecular formula is C24H21N3O9S. The molecule has 1 aromatic heterocycles. The van der Waals surface area contributed by atoms with Crippen molar-refractivity contribution in [2.24, 2.45) is 5.10 Å². The van der Waals surface area contributed by atoms with E-state index in [1.165, 1.54) is 11.3 Å². The van der Waals surface area contributed by atoms with Gasteiger partial charge in [-0.15, -0.1) is 0 Å². The Hall–Kier alpha value is -4.52. The second-order valence-corrected chi connectivity index (χ2v) is 10.0. The third kappa shape index (κ3) is 5.51. The quantitative estimate of drug-likeness (QED) is 0.244. The number of hydrogen-bond acceptors (Lipinski definition) is 10. The molecule has 37 heavy (non-hydrogen) atoms. The minimum Gasteiger partial charge on any atom is -0.497 e. The number of methoxy groups -OCH3 is 1. The fourth-order valence-electron chi connectivity index (χ4n) is 3.78. The number of esters is 1. The summed E-state index contributed by atoms with van der Waals surface area (Å²) in [6.07, 6.45) is 2.63. The van der Waals surface area contributed by atoms with E-state index in [1.807, 2.05) is 0 Å². The van der Waals surface area contributed by atoms with Crippen LogP contribution in [-0.4, -0.2) is 55.9 Å². The third-order valence-electron chi connectivity index (χ3n) is 5.58. The Balaban J connectivity index is 1.53. The zero-order valence-electron chi connectivity index (χ0n) is 19.7. The van der Waals surface area contributed by atoms with Crippen molar-refractivity contribution in [3.05, 3.63) is 87.9 Å². The third-order valence-corrected chi connectivity index (χ3v) is 6.72. The van der Waals surface area contributed by atoms with Gasteiger partial charge in [-0.2, -0.15) is 5.10 Å². The van der Waals surface area contributed by atoms with Crippen LogP contribution >= 0.6 is 0 Å². The van der Waals surface area contributed by atoms with Gasteiger partial charge in [-0.1, -0.05) is 0 Å². The summed E-state index contributed by atoms with van der Waals surface area (Å²) in [5.41, 5.74) is 0.325. The number of carbonyl (C=O) groups excluding carboxylic acids is 2. The number of benzene rings is 2. The first-order valence-corrected chi connectivity index (χ1v) is 12.7. The van der Waals surface area contributed by atoms with E-state index in [1.54, 1.807) is 43.5 Å². The van der Waals surface area contributed by atoms with Gasteiger partial charge in [-0.3, -0.25) is 14.9 Å². The van der Waals surface area contributed by atoms with Crippen LogP contribution in [0.25, 0.3) is 0 Å². The Morgan fingerprint density at radius 3 is 2.51 bits per heavy atom. The maximum atomic E-state index is 13.0. The monoisotopic (exact) mass is 527 g/mol. The van der Waals surface area contributed by atoms with Crippen molar-refractivity contribution in [3.63, 3.8) is 0 Å². The van der Waals surface area contributed by atoms with Crippen LogP contribution < -0.4 is 4.74 Å². The highest BCUT2D eigenvalue weighted by Gasteiger charge is 2.35. The maximum Gasteiger partial charge on any atom is 0.338 e. The minimum absolute atomic E-state index is 0.279. The number of ether oxygens (including phenoxy) is 2. The van der Waals surface area contributed by atoms with Gasteiger partial charge >= 0.3 is 5.97 Å². The largest absolute Gasteiger partial charge is 0.497 e. The summed E-state index contributed by atoms with van der Waals surface area (Å²) in [5.74, 6) is -0.543. The molecule has 1 atom stereocenters. The van der Waals surface area contributed by atoms with Gasteiger partial charge in [0.15, 0.2) is 16.4 Å². The zero-order valence-corrected chi connectivity index (χ0v) is 20.5. The van der Waals surface area contributed by atoms with Crippen molar-refractivity contribution >= 4 is 33.1 Å². The van der Waals surface area contributed by atoms with Crippen LogP contribution in [-0.2, 0) is 19.4 Å². The Morgan fingerprint density at radius 1 is 1.19 bits per heavy atom. The van der Waals surface area contributed by atoms with Gasteiger partial charge in [0.05, 0.1) is 29.6 Å². The Morgan fingerprint density at radius 2 is 1.92 bits per heavy atom. The van der Waals surface area contributed by atoms with Gasteiger partial charge in [-0.25, -0.2) is 18.2 Å². The van der Waals surface area contributed by atoms with Crippen LogP contribution in [0.5, 0.6) is 5.75 Å². The lowest BCUT2D eigenvalue weighted by atomic mass is 10.0. The smallest absolute Gasteiger partial charge is 0.338 e. The van der Waals surface area contributed by atoms with Crippen molar-refractivity contribution < 1.29 is 36.8 Å². The van der Waals surface area contributed by atoms with Crippen molar-refractivity contribution in [1.82, 2.24) is 5.01 Å². The summed E-state index contributed by atoms with van der Waals surface area (Å²) < 4.78 is 39.3. The lowest BCUT2D eigenvalue weighted by Crippen LogP contribution is -2.31. The first kappa shape index (κ1) is 25.6. The average Bonchev–Trinajstić information content (AvgIpc) is 3.56. The van der Waals surface area contributed by atoms with E-state index in [-0.39, 0.29) is 5.56 Å². The molecule has 1 aliphatic heterocycles. The molecule has 192 valence electrons. The molecule has 4 rings (SSSR count). The highest BCUT2D eigenvalue weighted by atomic mass is 32.2. The molecule has 0 aliphatic carbocycles. The summed E-state index contributed by atoms with van der Waals surface area (Å²) in [7, 11) is -2.35. The Kier molecular flexibility index (Phi) is 7.07. The van der Waals surface area contributed by atoms with E-state index >= 15 is 0 Å². The van der Waals surface area contributed by atoms with E-state index in [2.05, 4.69) is 5.10 Å².